The van der Waals surface area contributed by atoms with Crippen LogP contribution in [-0.4, -0.2) is 40.4 Å². The molecular formula is C15H19N3O2. The van der Waals surface area contributed by atoms with Gasteiger partial charge in [0.1, 0.15) is 0 Å². The van der Waals surface area contributed by atoms with Gasteiger partial charge in [0.25, 0.3) is 0 Å². The molecule has 2 N–H and O–H groups in total. The maximum Gasteiger partial charge on any atom is 0.0890 e. The largest absolute Gasteiger partial charge is 0.388 e. The average molecular weight is 273 g/mol. The molecule has 0 atom stereocenters. The normalized spacial score (nSPS) is 18.2. The van der Waals surface area contributed by atoms with Crippen LogP contribution in [0.5, 0.6) is 0 Å². The average Bonchev–Trinajstić information content (AvgIpc) is 2.48. The van der Waals surface area contributed by atoms with Crippen LogP contribution in [0.1, 0.15) is 18.5 Å². The van der Waals surface area contributed by atoms with Gasteiger partial charge < -0.3 is 15.2 Å². The Kier molecular flexibility index (Phi) is 3.91. The van der Waals surface area contributed by atoms with E-state index in [9.17, 15) is 5.11 Å². The zero-order valence-electron chi connectivity index (χ0n) is 11.4. The highest BCUT2D eigenvalue weighted by molar-refractivity contribution is 5.73. The fourth-order valence-electron chi connectivity index (χ4n) is 2.43. The molecule has 1 aliphatic rings. The van der Waals surface area contributed by atoms with Crippen molar-refractivity contribution < 1.29 is 9.84 Å². The molecule has 1 fully saturated rings. The number of nitrogens with one attached hydrogen (secondary N) is 1. The molecule has 1 saturated heterocycles. The molecule has 2 aromatic rings. The highest BCUT2D eigenvalue weighted by atomic mass is 16.5. The van der Waals surface area contributed by atoms with Crippen molar-refractivity contribution in [1.29, 1.82) is 0 Å². The van der Waals surface area contributed by atoms with Gasteiger partial charge in [-0.15, -0.1) is 0 Å². The van der Waals surface area contributed by atoms with E-state index in [-0.39, 0.29) is 0 Å². The summed E-state index contributed by atoms with van der Waals surface area (Å²) in [6.45, 7) is 2.44. The Balaban J connectivity index is 1.59. The SMILES string of the molecule is OC1(CNCc2cnc3ccccc3n2)CCOCC1. The summed E-state index contributed by atoms with van der Waals surface area (Å²) in [5, 5.41) is 13.6. The topological polar surface area (TPSA) is 67.3 Å². The van der Waals surface area contributed by atoms with Gasteiger partial charge in [-0.05, 0) is 12.1 Å². The minimum Gasteiger partial charge on any atom is -0.388 e. The lowest BCUT2D eigenvalue weighted by Gasteiger charge is -2.32. The second-order valence-corrected chi connectivity index (χ2v) is 5.29. The maximum absolute atomic E-state index is 10.3. The molecule has 0 amide bonds. The van der Waals surface area contributed by atoms with Gasteiger partial charge in [-0.2, -0.15) is 0 Å². The molecular weight excluding hydrogens is 254 g/mol. The van der Waals surface area contributed by atoms with Crippen LogP contribution in [0.2, 0.25) is 0 Å². The first-order chi connectivity index (χ1) is 9.75. The van der Waals surface area contributed by atoms with E-state index in [1.807, 2.05) is 24.3 Å². The van der Waals surface area contributed by atoms with E-state index in [2.05, 4.69) is 15.3 Å². The van der Waals surface area contributed by atoms with Crippen LogP contribution in [0.4, 0.5) is 0 Å². The third-order valence-electron chi connectivity index (χ3n) is 3.68. The molecule has 1 aromatic carbocycles. The van der Waals surface area contributed by atoms with Gasteiger partial charge in [0.2, 0.25) is 0 Å². The van der Waals surface area contributed by atoms with Gasteiger partial charge in [-0.25, -0.2) is 4.98 Å². The van der Waals surface area contributed by atoms with E-state index in [0.29, 0.717) is 39.1 Å². The zero-order chi connectivity index (χ0) is 13.8. The molecule has 0 aliphatic carbocycles. The van der Waals surface area contributed by atoms with Gasteiger partial charge in [-0.1, -0.05) is 12.1 Å². The number of fused-ring (bicyclic) bond motifs is 1. The van der Waals surface area contributed by atoms with Crippen LogP contribution in [-0.2, 0) is 11.3 Å². The third kappa shape index (κ3) is 3.12. The summed E-state index contributed by atoms with van der Waals surface area (Å²) in [5.74, 6) is 0. The molecule has 106 valence electrons. The predicted octanol–water partition coefficient (Wildman–Crippen LogP) is 1.26. The number of ether oxygens (including phenoxy) is 1. The van der Waals surface area contributed by atoms with Crippen molar-refractivity contribution in [2.24, 2.45) is 0 Å². The highest BCUT2D eigenvalue weighted by Gasteiger charge is 2.29. The van der Waals surface area contributed by atoms with Crippen molar-refractivity contribution in [2.45, 2.75) is 25.0 Å². The summed E-state index contributed by atoms with van der Waals surface area (Å²) in [5.41, 5.74) is 2.04. The number of benzene rings is 1. The van der Waals surface area contributed by atoms with Gasteiger partial charge in [0.15, 0.2) is 0 Å². The molecule has 1 aromatic heterocycles. The molecule has 1 aliphatic heterocycles. The lowest BCUT2D eigenvalue weighted by atomic mass is 9.94. The van der Waals surface area contributed by atoms with Crippen molar-refractivity contribution in [2.75, 3.05) is 19.8 Å². The highest BCUT2D eigenvalue weighted by Crippen LogP contribution is 2.19. The Morgan fingerprint density at radius 2 is 1.95 bits per heavy atom. The second-order valence-electron chi connectivity index (χ2n) is 5.29. The van der Waals surface area contributed by atoms with Crippen molar-refractivity contribution in [3.8, 4) is 0 Å². The second kappa shape index (κ2) is 5.83. The molecule has 0 bridgehead atoms. The molecule has 2 heterocycles. The number of rotatable bonds is 4. The quantitative estimate of drug-likeness (QED) is 0.878. The summed E-state index contributed by atoms with van der Waals surface area (Å²) in [4.78, 5) is 8.93. The molecule has 3 rings (SSSR count). The first-order valence-corrected chi connectivity index (χ1v) is 6.97. The molecule has 0 radical (unpaired) electrons. The van der Waals surface area contributed by atoms with Crippen LogP contribution < -0.4 is 5.32 Å². The molecule has 5 nitrogen and oxygen atoms in total. The standard InChI is InChI=1S/C15H19N3O2/c19-15(5-7-20-8-6-15)11-16-9-12-10-17-13-3-1-2-4-14(13)18-12/h1-4,10,16,19H,5-9,11H2. The lowest BCUT2D eigenvalue weighted by molar-refractivity contribution is -0.0617. The molecule has 0 spiro atoms. The minimum absolute atomic E-state index is 0.560. The van der Waals surface area contributed by atoms with Crippen molar-refractivity contribution in [3.63, 3.8) is 0 Å². The van der Waals surface area contributed by atoms with E-state index in [0.717, 1.165) is 16.7 Å². The Bertz CT molecular complexity index is 582. The predicted molar refractivity (Wildman–Crippen MR) is 76.2 cm³/mol. The summed E-state index contributed by atoms with van der Waals surface area (Å²) in [7, 11) is 0. The zero-order valence-corrected chi connectivity index (χ0v) is 11.4. The first-order valence-electron chi connectivity index (χ1n) is 6.97. The number of hydrogen-bond donors (Lipinski definition) is 2. The number of aliphatic hydroxyl groups is 1. The first kappa shape index (κ1) is 13.4. The third-order valence-corrected chi connectivity index (χ3v) is 3.68. The number of nitrogens with zero attached hydrogens (tertiary/aromatic N) is 2. The fourth-order valence-corrected chi connectivity index (χ4v) is 2.43. The Labute approximate surface area is 118 Å². The van der Waals surface area contributed by atoms with Crippen LogP contribution in [0.3, 0.4) is 0 Å². The van der Waals surface area contributed by atoms with Crippen molar-refractivity contribution >= 4 is 11.0 Å². The Morgan fingerprint density at radius 1 is 1.20 bits per heavy atom. The van der Waals surface area contributed by atoms with Crippen LogP contribution in [0.25, 0.3) is 11.0 Å². The Morgan fingerprint density at radius 3 is 2.75 bits per heavy atom. The van der Waals surface area contributed by atoms with Crippen molar-refractivity contribution in [3.05, 3.63) is 36.2 Å². The van der Waals surface area contributed by atoms with Gasteiger partial charge in [-0.3, -0.25) is 4.98 Å². The molecule has 20 heavy (non-hydrogen) atoms. The molecule has 0 saturated carbocycles. The van der Waals surface area contributed by atoms with E-state index in [1.165, 1.54) is 0 Å². The molecule has 0 unspecified atom stereocenters. The number of aromatic nitrogens is 2. The van der Waals surface area contributed by atoms with E-state index in [1.54, 1.807) is 6.20 Å². The van der Waals surface area contributed by atoms with E-state index in [4.69, 9.17) is 4.74 Å². The van der Waals surface area contributed by atoms with Crippen LogP contribution >= 0.6 is 0 Å². The van der Waals surface area contributed by atoms with Crippen LogP contribution in [0, 0.1) is 0 Å². The van der Waals surface area contributed by atoms with Gasteiger partial charge >= 0.3 is 0 Å². The smallest absolute Gasteiger partial charge is 0.0890 e. The summed E-state index contributed by atoms with van der Waals surface area (Å²) < 4.78 is 5.27. The Hall–Kier alpha value is -1.56. The summed E-state index contributed by atoms with van der Waals surface area (Å²) in [6.07, 6.45) is 3.15. The monoisotopic (exact) mass is 273 g/mol. The maximum atomic E-state index is 10.3. The summed E-state index contributed by atoms with van der Waals surface area (Å²) in [6, 6.07) is 7.82. The molecule has 5 heteroatoms. The van der Waals surface area contributed by atoms with Crippen molar-refractivity contribution in [1.82, 2.24) is 15.3 Å². The lowest BCUT2D eigenvalue weighted by Crippen LogP contribution is -2.44. The number of hydrogen-bond acceptors (Lipinski definition) is 5. The fraction of sp³-hybridized carbons (Fsp3) is 0.467. The van der Waals surface area contributed by atoms with E-state index >= 15 is 0 Å². The van der Waals surface area contributed by atoms with Gasteiger partial charge in [0.05, 0.1) is 28.5 Å². The van der Waals surface area contributed by atoms with Gasteiger partial charge in [0, 0.05) is 39.1 Å². The number of para-hydroxylation sites is 2. The minimum atomic E-state index is -0.650. The summed E-state index contributed by atoms with van der Waals surface area (Å²) >= 11 is 0. The van der Waals surface area contributed by atoms with E-state index < -0.39 is 5.60 Å². The van der Waals surface area contributed by atoms with Crippen LogP contribution in [0.15, 0.2) is 30.5 Å².